The van der Waals surface area contributed by atoms with Crippen molar-refractivity contribution in [3.63, 3.8) is 0 Å². The van der Waals surface area contributed by atoms with Crippen LogP contribution in [0.3, 0.4) is 0 Å². The van der Waals surface area contributed by atoms with E-state index in [1.165, 1.54) is 0 Å². The van der Waals surface area contributed by atoms with Crippen molar-refractivity contribution in [2.75, 3.05) is 13.1 Å². The molecule has 2 heterocycles. The van der Waals surface area contributed by atoms with Crippen molar-refractivity contribution in [2.24, 2.45) is 11.3 Å². The van der Waals surface area contributed by atoms with Crippen LogP contribution >= 0.6 is 0 Å². The van der Waals surface area contributed by atoms with Crippen LogP contribution in [0.2, 0.25) is 0 Å². The van der Waals surface area contributed by atoms with Crippen molar-refractivity contribution < 1.29 is 19.8 Å². The maximum absolute atomic E-state index is 12.5. The molecule has 0 aromatic carbocycles. The van der Waals surface area contributed by atoms with Gasteiger partial charge in [0.05, 0.1) is 12.3 Å². The molecular formula is C17H27N3O4. The van der Waals surface area contributed by atoms with E-state index in [1.807, 2.05) is 13.8 Å². The molecule has 1 aliphatic heterocycles. The van der Waals surface area contributed by atoms with Gasteiger partial charge in [-0.05, 0) is 37.2 Å². The lowest BCUT2D eigenvalue weighted by Crippen LogP contribution is -2.57. The quantitative estimate of drug-likeness (QED) is 0.698. The van der Waals surface area contributed by atoms with Gasteiger partial charge in [-0.15, -0.1) is 0 Å². The third-order valence-corrected chi connectivity index (χ3v) is 4.91. The maximum Gasteiger partial charge on any atom is 0.314 e. The number of H-pyrrole nitrogens is 1. The average Bonchev–Trinajstić information content (AvgIpc) is 3.05. The molecule has 1 amide bonds. The fourth-order valence-electron chi connectivity index (χ4n) is 3.23. The number of rotatable bonds is 7. The number of likely N-dealkylation sites (tertiary alicyclic amines) is 1. The summed E-state index contributed by atoms with van der Waals surface area (Å²) in [7, 11) is 0. The number of hydrogen-bond donors (Lipinski definition) is 3. The number of carbonyl (C=O) groups is 2. The van der Waals surface area contributed by atoms with Gasteiger partial charge in [-0.1, -0.05) is 13.8 Å². The standard InChI is InChI=1S/C17H27N3O4/c1-12(2)5-7-17(16(23)24)11-20(8-6-14(17)21)15(22)4-3-13-9-18-19-10-13/h9-10,12,14,21H,3-8,11H2,1-2H3,(H,18,19)(H,23,24)/t14-,17+/m0/s1. The minimum absolute atomic E-state index is 0.0710. The molecule has 1 fully saturated rings. The zero-order valence-corrected chi connectivity index (χ0v) is 14.4. The summed E-state index contributed by atoms with van der Waals surface area (Å²) in [6.07, 6.45) is 4.80. The third kappa shape index (κ3) is 4.14. The molecule has 0 bridgehead atoms. The number of aliphatic carboxylic acids is 1. The van der Waals surface area contributed by atoms with Gasteiger partial charge in [-0.2, -0.15) is 5.10 Å². The third-order valence-electron chi connectivity index (χ3n) is 4.91. The fraction of sp³-hybridized carbons (Fsp3) is 0.706. The van der Waals surface area contributed by atoms with E-state index in [1.54, 1.807) is 17.3 Å². The minimum Gasteiger partial charge on any atom is -0.481 e. The van der Waals surface area contributed by atoms with Crippen LogP contribution in [0, 0.1) is 11.3 Å². The molecule has 2 rings (SSSR count). The minimum atomic E-state index is -1.26. The van der Waals surface area contributed by atoms with Gasteiger partial charge in [0.2, 0.25) is 5.91 Å². The van der Waals surface area contributed by atoms with Crippen molar-refractivity contribution in [2.45, 2.75) is 52.1 Å². The molecule has 0 radical (unpaired) electrons. The topological polar surface area (TPSA) is 107 Å². The Hall–Kier alpha value is -1.89. The summed E-state index contributed by atoms with van der Waals surface area (Å²) in [5.74, 6) is -0.734. The van der Waals surface area contributed by atoms with Gasteiger partial charge in [0.25, 0.3) is 0 Å². The van der Waals surface area contributed by atoms with Gasteiger partial charge >= 0.3 is 5.97 Å². The van der Waals surface area contributed by atoms with Crippen LogP contribution < -0.4 is 0 Å². The first kappa shape index (κ1) is 18.4. The number of aryl methyl sites for hydroxylation is 1. The van der Waals surface area contributed by atoms with Gasteiger partial charge in [0.1, 0.15) is 5.41 Å². The molecular weight excluding hydrogens is 310 g/mol. The highest BCUT2D eigenvalue weighted by molar-refractivity contribution is 5.80. The summed E-state index contributed by atoms with van der Waals surface area (Å²) in [5.41, 5.74) is -0.307. The van der Waals surface area contributed by atoms with Crippen molar-refractivity contribution >= 4 is 11.9 Å². The van der Waals surface area contributed by atoms with Crippen LogP contribution in [0.4, 0.5) is 0 Å². The van der Waals surface area contributed by atoms with Crippen LogP contribution in [0.1, 0.15) is 45.1 Å². The maximum atomic E-state index is 12.5. The molecule has 3 N–H and O–H groups in total. The van der Waals surface area contributed by atoms with Crippen LogP contribution in [-0.4, -0.2) is 56.4 Å². The molecule has 1 saturated heterocycles. The number of carbonyl (C=O) groups excluding carboxylic acids is 1. The van der Waals surface area contributed by atoms with Crippen molar-refractivity contribution in [3.8, 4) is 0 Å². The highest BCUT2D eigenvalue weighted by Crippen LogP contribution is 2.37. The zero-order chi connectivity index (χ0) is 17.7. The summed E-state index contributed by atoms with van der Waals surface area (Å²) >= 11 is 0. The zero-order valence-electron chi connectivity index (χ0n) is 14.4. The Morgan fingerprint density at radius 1 is 1.50 bits per heavy atom. The Bertz CT molecular complexity index is 558. The van der Waals surface area contributed by atoms with E-state index in [9.17, 15) is 19.8 Å². The van der Waals surface area contributed by atoms with Gasteiger partial charge in [0, 0.05) is 25.7 Å². The number of nitrogens with zero attached hydrogens (tertiary/aromatic N) is 2. The number of aromatic nitrogens is 2. The second-order valence-electron chi connectivity index (χ2n) is 7.12. The van der Waals surface area contributed by atoms with E-state index < -0.39 is 17.5 Å². The molecule has 7 heteroatoms. The molecule has 0 spiro atoms. The molecule has 0 saturated carbocycles. The number of aliphatic hydroxyl groups excluding tert-OH is 1. The highest BCUT2D eigenvalue weighted by Gasteiger charge is 2.49. The Morgan fingerprint density at radius 2 is 2.25 bits per heavy atom. The van der Waals surface area contributed by atoms with Gasteiger partial charge in [-0.3, -0.25) is 14.7 Å². The first-order chi connectivity index (χ1) is 11.3. The number of aliphatic hydroxyl groups is 1. The smallest absolute Gasteiger partial charge is 0.314 e. The predicted molar refractivity (Wildman–Crippen MR) is 88.3 cm³/mol. The number of aromatic amines is 1. The number of hydrogen-bond acceptors (Lipinski definition) is 4. The number of carboxylic acid groups (broad SMARTS) is 1. The molecule has 1 aromatic heterocycles. The molecule has 0 unspecified atom stereocenters. The normalized spacial score (nSPS) is 24.3. The summed E-state index contributed by atoms with van der Waals surface area (Å²) in [6, 6.07) is 0. The molecule has 134 valence electrons. The van der Waals surface area contributed by atoms with Crippen molar-refractivity contribution in [1.29, 1.82) is 0 Å². The molecule has 7 nitrogen and oxygen atoms in total. The van der Waals surface area contributed by atoms with E-state index in [0.29, 0.717) is 44.6 Å². The monoisotopic (exact) mass is 337 g/mol. The van der Waals surface area contributed by atoms with Gasteiger partial charge in [-0.25, -0.2) is 0 Å². The lowest BCUT2D eigenvalue weighted by molar-refractivity contribution is -0.167. The van der Waals surface area contributed by atoms with E-state index in [2.05, 4.69) is 10.2 Å². The van der Waals surface area contributed by atoms with E-state index in [4.69, 9.17) is 0 Å². The fourth-order valence-corrected chi connectivity index (χ4v) is 3.23. The molecule has 24 heavy (non-hydrogen) atoms. The molecule has 2 atom stereocenters. The predicted octanol–water partition coefficient (Wildman–Crippen LogP) is 1.44. The number of amides is 1. The molecule has 1 aliphatic rings. The number of piperidine rings is 1. The lowest BCUT2D eigenvalue weighted by atomic mass is 9.72. The van der Waals surface area contributed by atoms with Gasteiger partial charge < -0.3 is 15.1 Å². The summed E-state index contributed by atoms with van der Waals surface area (Å²) in [6.45, 7) is 4.54. The van der Waals surface area contributed by atoms with Crippen LogP contribution in [0.5, 0.6) is 0 Å². The first-order valence-electron chi connectivity index (χ1n) is 8.52. The molecule has 1 aromatic rings. The van der Waals surface area contributed by atoms with Crippen molar-refractivity contribution in [1.82, 2.24) is 15.1 Å². The summed E-state index contributed by atoms with van der Waals surface area (Å²) in [5, 5.41) is 26.7. The Kier molecular flexibility index (Phi) is 5.99. The van der Waals surface area contributed by atoms with E-state index in [-0.39, 0.29) is 12.5 Å². The lowest BCUT2D eigenvalue weighted by Gasteiger charge is -2.43. The Labute approximate surface area is 142 Å². The van der Waals surface area contributed by atoms with Crippen LogP contribution in [-0.2, 0) is 16.0 Å². The Balaban J connectivity index is 2.03. The van der Waals surface area contributed by atoms with Crippen LogP contribution in [0.25, 0.3) is 0 Å². The first-order valence-corrected chi connectivity index (χ1v) is 8.52. The Morgan fingerprint density at radius 3 is 2.83 bits per heavy atom. The molecule has 0 aliphatic carbocycles. The highest BCUT2D eigenvalue weighted by atomic mass is 16.4. The average molecular weight is 337 g/mol. The van der Waals surface area contributed by atoms with Gasteiger partial charge in [0.15, 0.2) is 0 Å². The summed E-state index contributed by atoms with van der Waals surface area (Å²) < 4.78 is 0. The number of carboxylic acids is 1. The second-order valence-corrected chi connectivity index (χ2v) is 7.12. The van der Waals surface area contributed by atoms with E-state index >= 15 is 0 Å². The largest absolute Gasteiger partial charge is 0.481 e. The second kappa shape index (κ2) is 7.79. The van der Waals surface area contributed by atoms with Crippen molar-refractivity contribution in [3.05, 3.63) is 18.0 Å². The summed E-state index contributed by atoms with van der Waals surface area (Å²) in [4.78, 5) is 26.0. The SMILES string of the molecule is CC(C)CC[C@@]1(C(=O)O)CN(C(=O)CCc2cn[nH]c2)CC[C@@H]1O. The number of nitrogens with one attached hydrogen (secondary N) is 1. The van der Waals surface area contributed by atoms with E-state index in [0.717, 1.165) is 5.56 Å². The van der Waals surface area contributed by atoms with Crippen LogP contribution in [0.15, 0.2) is 12.4 Å².